The molecule has 0 atom stereocenters. The molecule has 0 amide bonds. The maximum absolute atomic E-state index is 3.46. The van der Waals surface area contributed by atoms with E-state index in [1.54, 1.807) is 0 Å². The molecule has 0 aliphatic heterocycles. The van der Waals surface area contributed by atoms with Crippen LogP contribution in [0.1, 0.15) is 17.5 Å². The van der Waals surface area contributed by atoms with Gasteiger partial charge in [0, 0.05) is 11.9 Å². The SMILES string of the molecule is CN(C)Cc1cccc(CCCBr)c1. The molecule has 2 heteroatoms. The lowest BCUT2D eigenvalue weighted by Crippen LogP contribution is -2.10. The van der Waals surface area contributed by atoms with Crippen LogP contribution in [0.15, 0.2) is 24.3 Å². The predicted octanol–water partition coefficient (Wildman–Crippen LogP) is 3.08. The van der Waals surface area contributed by atoms with E-state index < -0.39 is 0 Å². The van der Waals surface area contributed by atoms with E-state index in [1.807, 2.05) is 0 Å². The average molecular weight is 256 g/mol. The molecule has 0 spiro atoms. The summed E-state index contributed by atoms with van der Waals surface area (Å²) in [5, 5.41) is 1.09. The Labute approximate surface area is 95.2 Å². The summed E-state index contributed by atoms with van der Waals surface area (Å²) >= 11 is 3.46. The normalized spacial score (nSPS) is 10.9. The molecule has 0 heterocycles. The van der Waals surface area contributed by atoms with Gasteiger partial charge in [0.25, 0.3) is 0 Å². The molecular formula is C12H18BrN. The standard InChI is InChI=1S/C12H18BrN/c1-14(2)10-12-6-3-5-11(9-12)7-4-8-13/h3,5-6,9H,4,7-8,10H2,1-2H3. The Morgan fingerprint density at radius 2 is 1.93 bits per heavy atom. The summed E-state index contributed by atoms with van der Waals surface area (Å²) in [6, 6.07) is 8.87. The van der Waals surface area contributed by atoms with Crippen LogP contribution in [0.3, 0.4) is 0 Å². The molecule has 1 aromatic rings. The lowest BCUT2D eigenvalue weighted by atomic mass is 10.1. The van der Waals surface area contributed by atoms with Gasteiger partial charge in [0.2, 0.25) is 0 Å². The molecule has 1 rings (SSSR count). The van der Waals surface area contributed by atoms with Crippen LogP contribution in [0.5, 0.6) is 0 Å². The van der Waals surface area contributed by atoms with Gasteiger partial charge < -0.3 is 4.90 Å². The third-order valence-corrected chi connectivity index (χ3v) is 2.65. The van der Waals surface area contributed by atoms with Crippen molar-refractivity contribution in [1.29, 1.82) is 0 Å². The maximum Gasteiger partial charge on any atom is 0.0227 e. The number of nitrogens with zero attached hydrogens (tertiary/aromatic N) is 1. The Bertz CT molecular complexity index is 271. The molecule has 0 aliphatic carbocycles. The lowest BCUT2D eigenvalue weighted by molar-refractivity contribution is 0.402. The van der Waals surface area contributed by atoms with Gasteiger partial charge in [-0.15, -0.1) is 0 Å². The molecule has 14 heavy (non-hydrogen) atoms. The molecule has 1 aromatic carbocycles. The highest BCUT2D eigenvalue weighted by molar-refractivity contribution is 9.09. The van der Waals surface area contributed by atoms with Crippen LogP contribution >= 0.6 is 15.9 Å². The van der Waals surface area contributed by atoms with E-state index in [2.05, 4.69) is 59.2 Å². The Hall–Kier alpha value is -0.340. The summed E-state index contributed by atoms with van der Waals surface area (Å²) in [6.07, 6.45) is 2.39. The van der Waals surface area contributed by atoms with Gasteiger partial charge >= 0.3 is 0 Å². The fourth-order valence-corrected chi connectivity index (χ4v) is 1.80. The van der Waals surface area contributed by atoms with Crippen molar-refractivity contribution in [2.45, 2.75) is 19.4 Å². The molecule has 0 fully saturated rings. The van der Waals surface area contributed by atoms with E-state index in [0.29, 0.717) is 0 Å². The van der Waals surface area contributed by atoms with E-state index >= 15 is 0 Å². The van der Waals surface area contributed by atoms with Crippen molar-refractivity contribution < 1.29 is 0 Å². The smallest absolute Gasteiger partial charge is 0.0227 e. The van der Waals surface area contributed by atoms with Gasteiger partial charge in [-0.25, -0.2) is 0 Å². The van der Waals surface area contributed by atoms with Gasteiger partial charge in [0.05, 0.1) is 0 Å². The van der Waals surface area contributed by atoms with Gasteiger partial charge in [0.15, 0.2) is 0 Å². The van der Waals surface area contributed by atoms with Crippen LogP contribution in [0, 0.1) is 0 Å². The zero-order chi connectivity index (χ0) is 10.4. The van der Waals surface area contributed by atoms with Crippen LogP contribution < -0.4 is 0 Å². The van der Waals surface area contributed by atoms with Crippen molar-refractivity contribution in [3.8, 4) is 0 Å². The van der Waals surface area contributed by atoms with E-state index in [9.17, 15) is 0 Å². The highest BCUT2D eigenvalue weighted by atomic mass is 79.9. The number of hydrogen-bond acceptors (Lipinski definition) is 1. The highest BCUT2D eigenvalue weighted by Gasteiger charge is 1.97. The van der Waals surface area contributed by atoms with Crippen LogP contribution in [0.25, 0.3) is 0 Å². The monoisotopic (exact) mass is 255 g/mol. The van der Waals surface area contributed by atoms with E-state index in [0.717, 1.165) is 11.9 Å². The van der Waals surface area contributed by atoms with Gasteiger partial charge in [-0.2, -0.15) is 0 Å². The van der Waals surface area contributed by atoms with Gasteiger partial charge in [-0.05, 0) is 38.1 Å². The van der Waals surface area contributed by atoms with Crippen molar-refractivity contribution in [3.05, 3.63) is 35.4 Å². The topological polar surface area (TPSA) is 3.24 Å². The van der Waals surface area contributed by atoms with Crippen LogP contribution in [0.4, 0.5) is 0 Å². The van der Waals surface area contributed by atoms with Crippen LogP contribution in [0.2, 0.25) is 0 Å². The number of halogens is 1. The molecular weight excluding hydrogens is 238 g/mol. The highest BCUT2D eigenvalue weighted by Crippen LogP contribution is 2.09. The Morgan fingerprint density at radius 1 is 1.21 bits per heavy atom. The molecule has 78 valence electrons. The summed E-state index contributed by atoms with van der Waals surface area (Å²) in [5.41, 5.74) is 2.85. The predicted molar refractivity (Wildman–Crippen MR) is 65.9 cm³/mol. The van der Waals surface area contributed by atoms with Crippen molar-refractivity contribution in [1.82, 2.24) is 4.90 Å². The fourth-order valence-electron chi connectivity index (χ4n) is 1.52. The zero-order valence-corrected chi connectivity index (χ0v) is 10.5. The second kappa shape index (κ2) is 6.20. The Morgan fingerprint density at radius 3 is 2.57 bits per heavy atom. The second-order valence-corrected chi connectivity index (χ2v) is 4.64. The van der Waals surface area contributed by atoms with Crippen molar-refractivity contribution in [3.63, 3.8) is 0 Å². The van der Waals surface area contributed by atoms with Crippen molar-refractivity contribution >= 4 is 15.9 Å². The third-order valence-electron chi connectivity index (χ3n) is 2.09. The minimum Gasteiger partial charge on any atom is -0.305 e. The largest absolute Gasteiger partial charge is 0.305 e. The first-order valence-corrected chi connectivity index (χ1v) is 6.13. The van der Waals surface area contributed by atoms with Gasteiger partial charge in [-0.3, -0.25) is 0 Å². The quantitative estimate of drug-likeness (QED) is 0.732. The molecule has 0 saturated carbocycles. The summed E-state index contributed by atoms with van der Waals surface area (Å²) in [7, 11) is 4.20. The Balaban J connectivity index is 2.59. The molecule has 0 radical (unpaired) electrons. The number of alkyl halides is 1. The third kappa shape index (κ3) is 4.25. The van der Waals surface area contributed by atoms with Crippen LogP contribution in [-0.2, 0) is 13.0 Å². The Kier molecular flexibility index (Phi) is 5.20. The number of aryl methyl sites for hydroxylation is 1. The minimum absolute atomic E-state index is 1.03. The summed E-state index contributed by atoms with van der Waals surface area (Å²) in [5.74, 6) is 0. The average Bonchev–Trinajstić information content (AvgIpc) is 2.14. The molecule has 0 aliphatic rings. The lowest BCUT2D eigenvalue weighted by Gasteiger charge is -2.10. The van der Waals surface area contributed by atoms with Gasteiger partial charge in [-0.1, -0.05) is 40.2 Å². The summed E-state index contributed by atoms with van der Waals surface area (Å²) in [4.78, 5) is 2.20. The van der Waals surface area contributed by atoms with Crippen molar-refractivity contribution in [2.24, 2.45) is 0 Å². The number of hydrogen-bond donors (Lipinski definition) is 0. The van der Waals surface area contributed by atoms with E-state index in [4.69, 9.17) is 0 Å². The second-order valence-electron chi connectivity index (χ2n) is 3.85. The minimum atomic E-state index is 1.03. The van der Waals surface area contributed by atoms with Crippen molar-refractivity contribution in [2.75, 3.05) is 19.4 Å². The first kappa shape index (κ1) is 11.7. The fraction of sp³-hybridized carbons (Fsp3) is 0.500. The molecule has 0 saturated heterocycles. The summed E-state index contributed by atoms with van der Waals surface area (Å²) < 4.78 is 0. The zero-order valence-electron chi connectivity index (χ0n) is 8.96. The number of benzene rings is 1. The first-order chi connectivity index (χ1) is 6.72. The summed E-state index contributed by atoms with van der Waals surface area (Å²) in [6.45, 7) is 1.03. The molecule has 0 aromatic heterocycles. The van der Waals surface area contributed by atoms with Gasteiger partial charge in [0.1, 0.15) is 0 Å². The van der Waals surface area contributed by atoms with E-state index in [-0.39, 0.29) is 0 Å². The van der Waals surface area contributed by atoms with Crippen LogP contribution in [-0.4, -0.2) is 24.3 Å². The number of rotatable bonds is 5. The molecule has 0 bridgehead atoms. The van der Waals surface area contributed by atoms with E-state index in [1.165, 1.54) is 24.0 Å². The first-order valence-electron chi connectivity index (χ1n) is 5.01. The molecule has 1 nitrogen and oxygen atoms in total. The molecule has 0 unspecified atom stereocenters. The molecule has 0 N–H and O–H groups in total. The maximum atomic E-state index is 3.46.